The first kappa shape index (κ1) is 26.7. The summed E-state index contributed by atoms with van der Waals surface area (Å²) in [4.78, 5) is 25.9. The lowest BCUT2D eigenvalue weighted by atomic mass is 10.1. The molecule has 0 spiro atoms. The molecule has 3 unspecified atom stereocenters. The molecule has 0 radical (unpaired) electrons. The van der Waals surface area contributed by atoms with Gasteiger partial charge in [0.15, 0.2) is 12.5 Å². The van der Waals surface area contributed by atoms with Gasteiger partial charge in [-0.2, -0.15) is 0 Å². The number of nitrogens with zero attached hydrogens (tertiary/aromatic N) is 1. The van der Waals surface area contributed by atoms with Crippen LogP contribution in [0.4, 0.5) is 9.59 Å². The summed E-state index contributed by atoms with van der Waals surface area (Å²) < 4.78 is 10.9. The monoisotopic (exact) mass is 437 g/mol. The van der Waals surface area contributed by atoms with Gasteiger partial charge in [-0.25, -0.2) is 14.5 Å². The molecule has 0 aliphatic rings. The van der Waals surface area contributed by atoms with Crippen molar-refractivity contribution in [2.75, 3.05) is 19.6 Å². The Morgan fingerprint density at radius 1 is 1.00 bits per heavy atom. The highest BCUT2D eigenvalue weighted by molar-refractivity contribution is 5.67. The number of rotatable bonds is 13. The third-order valence-electron chi connectivity index (χ3n) is 4.90. The van der Waals surface area contributed by atoms with Crippen LogP contribution in [0.25, 0.3) is 0 Å². The molecule has 3 atom stereocenters. The highest BCUT2D eigenvalue weighted by atomic mass is 16.6. The zero-order valence-corrected chi connectivity index (χ0v) is 19.5. The van der Waals surface area contributed by atoms with Gasteiger partial charge in [0.1, 0.15) is 0 Å². The molecule has 0 aromatic heterocycles. The number of hydrogen-bond acceptors (Lipinski definition) is 6. The summed E-state index contributed by atoms with van der Waals surface area (Å²) in [6.07, 6.45) is 0.257. The molecule has 0 aliphatic carbocycles. The van der Waals surface area contributed by atoms with Gasteiger partial charge in [0.25, 0.3) is 0 Å². The Bertz CT molecular complexity index is 640. The number of hydrogen-bond donors (Lipinski definition) is 3. The fraction of sp³-hybridized carbons (Fsp3) is 0.652. The number of aliphatic hydroxyl groups is 1. The molecule has 0 saturated heterocycles. The summed E-state index contributed by atoms with van der Waals surface area (Å²) in [5.74, 6) is 0. The first-order chi connectivity index (χ1) is 14.8. The fourth-order valence-corrected chi connectivity index (χ4v) is 3.04. The molecule has 31 heavy (non-hydrogen) atoms. The van der Waals surface area contributed by atoms with E-state index in [1.54, 1.807) is 18.7 Å². The summed E-state index contributed by atoms with van der Waals surface area (Å²) >= 11 is 0. The van der Waals surface area contributed by atoms with Crippen molar-refractivity contribution in [3.8, 4) is 0 Å². The van der Waals surface area contributed by atoms with E-state index in [9.17, 15) is 14.7 Å². The van der Waals surface area contributed by atoms with Crippen molar-refractivity contribution >= 4 is 12.2 Å². The van der Waals surface area contributed by atoms with Gasteiger partial charge in [-0.15, -0.1) is 0 Å². The van der Waals surface area contributed by atoms with Crippen molar-refractivity contribution in [3.05, 3.63) is 35.4 Å². The van der Waals surface area contributed by atoms with Crippen molar-refractivity contribution < 1.29 is 24.2 Å². The van der Waals surface area contributed by atoms with Crippen molar-refractivity contribution in [2.45, 2.75) is 78.9 Å². The predicted octanol–water partition coefficient (Wildman–Crippen LogP) is 4.08. The predicted molar refractivity (Wildman–Crippen MR) is 121 cm³/mol. The summed E-state index contributed by atoms with van der Waals surface area (Å²) in [5, 5.41) is 16.2. The summed E-state index contributed by atoms with van der Waals surface area (Å²) in [5.41, 5.74) is 1.77. The van der Waals surface area contributed by atoms with Crippen molar-refractivity contribution in [2.24, 2.45) is 0 Å². The number of carbonyl (C=O) groups excluding carboxylic acids is 2. The molecule has 1 aromatic rings. The first-order valence-electron chi connectivity index (χ1n) is 11.2. The SMILES string of the molecule is CCCCNC(=O)OC(C)N(CC(O)c1cccc(C)c1)C(C)OC(=O)NCCCC. The molecule has 8 nitrogen and oxygen atoms in total. The van der Waals surface area contributed by atoms with Crippen LogP contribution in [0.3, 0.4) is 0 Å². The molecule has 0 aliphatic heterocycles. The summed E-state index contributed by atoms with van der Waals surface area (Å²) in [6, 6.07) is 7.56. The Kier molecular flexibility index (Phi) is 12.6. The maximum absolute atomic E-state index is 12.1. The van der Waals surface area contributed by atoms with Gasteiger partial charge in [-0.3, -0.25) is 0 Å². The zero-order chi connectivity index (χ0) is 23.2. The van der Waals surface area contributed by atoms with Crippen molar-refractivity contribution in [3.63, 3.8) is 0 Å². The lowest BCUT2D eigenvalue weighted by Crippen LogP contribution is -2.48. The molecular weight excluding hydrogens is 398 g/mol. The molecular formula is C23H39N3O5. The molecule has 3 N–H and O–H groups in total. The van der Waals surface area contributed by atoms with Crippen LogP contribution in [-0.4, -0.2) is 54.3 Å². The van der Waals surface area contributed by atoms with Crippen LogP contribution in [0.1, 0.15) is 70.6 Å². The van der Waals surface area contributed by atoms with Gasteiger partial charge < -0.3 is 25.2 Å². The second-order valence-electron chi connectivity index (χ2n) is 7.70. The minimum absolute atomic E-state index is 0.121. The Hall–Kier alpha value is -2.32. The number of alkyl carbamates (subject to hydrolysis) is 2. The van der Waals surface area contributed by atoms with Gasteiger partial charge in [0.2, 0.25) is 0 Å². The van der Waals surface area contributed by atoms with E-state index in [4.69, 9.17) is 9.47 Å². The van der Waals surface area contributed by atoms with Crippen LogP contribution in [0, 0.1) is 6.92 Å². The Balaban J connectivity index is 2.84. The second kappa shape index (κ2) is 14.6. The molecule has 1 rings (SSSR count). The number of carbonyl (C=O) groups is 2. The quantitative estimate of drug-likeness (QED) is 0.318. The second-order valence-corrected chi connectivity index (χ2v) is 7.70. The third kappa shape index (κ3) is 10.5. The zero-order valence-electron chi connectivity index (χ0n) is 19.5. The topological polar surface area (TPSA) is 100 Å². The van der Waals surface area contributed by atoms with Crippen LogP contribution in [0.2, 0.25) is 0 Å². The maximum Gasteiger partial charge on any atom is 0.408 e. The smallest absolute Gasteiger partial charge is 0.408 e. The average Bonchev–Trinajstić information content (AvgIpc) is 2.71. The van der Waals surface area contributed by atoms with E-state index in [1.807, 2.05) is 45.0 Å². The molecule has 0 saturated carbocycles. The third-order valence-corrected chi connectivity index (χ3v) is 4.90. The van der Waals surface area contributed by atoms with Gasteiger partial charge in [0.05, 0.1) is 6.10 Å². The molecule has 1 aromatic carbocycles. The standard InChI is InChI=1S/C23H39N3O5/c1-6-8-13-24-22(28)30-18(4)26(19(5)31-23(29)25-14-9-7-2)16-21(27)20-12-10-11-17(3)15-20/h10-12,15,18-19,21,27H,6-9,13-14,16H2,1-5H3,(H,24,28)(H,25,29). The number of amides is 2. The van der Waals surface area contributed by atoms with E-state index in [0.29, 0.717) is 13.1 Å². The van der Waals surface area contributed by atoms with Crippen molar-refractivity contribution in [1.82, 2.24) is 15.5 Å². The summed E-state index contributed by atoms with van der Waals surface area (Å²) in [7, 11) is 0. The number of aryl methyl sites for hydroxylation is 1. The van der Waals surface area contributed by atoms with Crippen molar-refractivity contribution in [1.29, 1.82) is 0 Å². The lowest BCUT2D eigenvalue weighted by Gasteiger charge is -2.34. The Morgan fingerprint density at radius 2 is 1.52 bits per heavy atom. The molecule has 2 amide bonds. The maximum atomic E-state index is 12.1. The van der Waals surface area contributed by atoms with Crippen LogP contribution in [0.5, 0.6) is 0 Å². The Morgan fingerprint density at radius 3 is 1.97 bits per heavy atom. The van der Waals surface area contributed by atoms with Crippen LogP contribution >= 0.6 is 0 Å². The number of benzene rings is 1. The average molecular weight is 438 g/mol. The van der Waals surface area contributed by atoms with E-state index >= 15 is 0 Å². The first-order valence-corrected chi connectivity index (χ1v) is 11.2. The number of ether oxygens (including phenoxy) is 2. The molecule has 0 fully saturated rings. The highest BCUT2D eigenvalue weighted by Gasteiger charge is 2.28. The van der Waals surface area contributed by atoms with Gasteiger partial charge in [-0.1, -0.05) is 56.5 Å². The molecule has 8 heteroatoms. The molecule has 0 bridgehead atoms. The summed E-state index contributed by atoms with van der Waals surface area (Å²) in [6.45, 7) is 10.6. The van der Waals surface area contributed by atoms with E-state index in [-0.39, 0.29) is 6.54 Å². The van der Waals surface area contributed by atoms with E-state index in [1.165, 1.54) is 0 Å². The number of aliphatic hydroxyl groups excluding tert-OH is 1. The number of unbranched alkanes of at least 4 members (excludes halogenated alkanes) is 2. The van der Waals surface area contributed by atoms with Crippen LogP contribution in [-0.2, 0) is 9.47 Å². The highest BCUT2D eigenvalue weighted by Crippen LogP contribution is 2.19. The van der Waals surface area contributed by atoms with Gasteiger partial charge in [-0.05, 0) is 39.2 Å². The van der Waals surface area contributed by atoms with E-state index in [0.717, 1.165) is 36.8 Å². The van der Waals surface area contributed by atoms with Crippen LogP contribution in [0.15, 0.2) is 24.3 Å². The minimum atomic E-state index is -0.844. The molecule has 0 heterocycles. The van der Waals surface area contributed by atoms with E-state index in [2.05, 4.69) is 10.6 Å². The fourth-order valence-electron chi connectivity index (χ4n) is 3.04. The van der Waals surface area contributed by atoms with Crippen LogP contribution < -0.4 is 10.6 Å². The lowest BCUT2D eigenvalue weighted by molar-refractivity contribution is -0.106. The Labute approximate surface area is 186 Å². The minimum Gasteiger partial charge on any atom is -0.430 e. The largest absolute Gasteiger partial charge is 0.430 e. The van der Waals surface area contributed by atoms with Gasteiger partial charge >= 0.3 is 12.2 Å². The molecule has 176 valence electrons. The van der Waals surface area contributed by atoms with Gasteiger partial charge in [0, 0.05) is 19.6 Å². The number of nitrogens with one attached hydrogen (secondary N) is 2. The normalized spacial score (nSPS) is 13.9. The van der Waals surface area contributed by atoms with E-state index < -0.39 is 30.7 Å².